The average molecular weight is 348 g/mol. The highest BCUT2D eigenvalue weighted by Crippen LogP contribution is 2.40. The van der Waals surface area contributed by atoms with E-state index in [1.54, 1.807) is 41.5 Å². The Balaban J connectivity index is 2.43. The van der Waals surface area contributed by atoms with E-state index >= 15 is 0 Å². The van der Waals surface area contributed by atoms with E-state index in [0.29, 0.717) is 0 Å². The maximum atomic E-state index is 14.6. The van der Waals surface area contributed by atoms with Gasteiger partial charge in [0.1, 0.15) is 5.73 Å². The van der Waals surface area contributed by atoms with Crippen LogP contribution in [0.5, 0.6) is 0 Å². The lowest BCUT2D eigenvalue weighted by molar-refractivity contribution is -0.141. The summed E-state index contributed by atoms with van der Waals surface area (Å²) in [6.07, 6.45) is -3.89. The maximum Gasteiger partial charge on any atom is 0.525 e. The Morgan fingerprint density at radius 1 is 1.17 bits per heavy atom. The number of H-pyrrole nitrogens is 1. The van der Waals surface area contributed by atoms with Gasteiger partial charge in [-0.25, -0.2) is 4.39 Å². The van der Waals surface area contributed by atoms with Crippen LogP contribution in [0.3, 0.4) is 0 Å². The van der Waals surface area contributed by atoms with Crippen molar-refractivity contribution in [2.45, 2.75) is 64.8 Å². The van der Waals surface area contributed by atoms with Gasteiger partial charge in [-0.2, -0.15) is 18.3 Å². The van der Waals surface area contributed by atoms with E-state index in [-0.39, 0.29) is 17.2 Å². The molecule has 1 aromatic rings. The molecule has 0 radical (unpaired) electrons. The molecule has 24 heavy (non-hydrogen) atoms. The Labute approximate surface area is 138 Å². The van der Waals surface area contributed by atoms with Gasteiger partial charge in [0.25, 0.3) is 0 Å². The summed E-state index contributed by atoms with van der Waals surface area (Å²) < 4.78 is 64.9. The first kappa shape index (κ1) is 19.0. The second-order valence-electron chi connectivity index (χ2n) is 7.17. The largest absolute Gasteiger partial charge is 0.525 e. The second-order valence-corrected chi connectivity index (χ2v) is 7.17. The van der Waals surface area contributed by atoms with E-state index in [1.807, 2.05) is 0 Å². The van der Waals surface area contributed by atoms with Crippen molar-refractivity contribution in [2.24, 2.45) is 0 Å². The van der Waals surface area contributed by atoms with Crippen molar-refractivity contribution in [2.75, 3.05) is 0 Å². The molecule has 2 rings (SSSR count). The molecular formula is C15H21BF4N2O2. The highest BCUT2D eigenvalue weighted by molar-refractivity contribution is 6.54. The van der Waals surface area contributed by atoms with Gasteiger partial charge in [0.05, 0.1) is 11.2 Å². The van der Waals surface area contributed by atoms with Gasteiger partial charge in [-0.15, -0.1) is 0 Å². The van der Waals surface area contributed by atoms with Crippen LogP contribution >= 0.6 is 0 Å². The number of alkyl halides is 3. The summed E-state index contributed by atoms with van der Waals surface area (Å²) in [6, 6.07) is 0. The fourth-order valence-electron chi connectivity index (χ4n) is 2.33. The monoisotopic (exact) mass is 348 g/mol. The molecule has 0 atom stereocenters. The van der Waals surface area contributed by atoms with Crippen molar-refractivity contribution in [3.63, 3.8) is 0 Å². The molecular weight excluding hydrogens is 327 g/mol. The number of rotatable bonds is 3. The van der Waals surface area contributed by atoms with Gasteiger partial charge in [0, 0.05) is 11.3 Å². The first-order valence-corrected chi connectivity index (χ1v) is 7.64. The molecule has 1 aliphatic heterocycles. The van der Waals surface area contributed by atoms with E-state index < -0.39 is 35.9 Å². The molecule has 0 spiro atoms. The van der Waals surface area contributed by atoms with Gasteiger partial charge in [0.15, 0.2) is 5.69 Å². The van der Waals surface area contributed by atoms with Crippen molar-refractivity contribution in [1.82, 2.24) is 10.2 Å². The molecule has 1 aromatic heterocycles. The zero-order valence-corrected chi connectivity index (χ0v) is 14.5. The van der Waals surface area contributed by atoms with Crippen LogP contribution in [0.2, 0.25) is 0 Å². The topological polar surface area (TPSA) is 47.1 Å². The smallest absolute Gasteiger partial charge is 0.398 e. The zero-order chi connectivity index (χ0) is 18.5. The average Bonchev–Trinajstić information content (AvgIpc) is 2.88. The molecule has 1 aliphatic rings. The first-order valence-electron chi connectivity index (χ1n) is 7.64. The fourth-order valence-corrected chi connectivity index (χ4v) is 2.33. The molecule has 2 heterocycles. The maximum absolute atomic E-state index is 14.6. The summed E-state index contributed by atoms with van der Waals surface area (Å²) in [5.74, 6) is -0.286. The van der Waals surface area contributed by atoms with E-state index in [0.717, 1.165) is 6.08 Å². The minimum atomic E-state index is -4.69. The molecule has 0 aromatic carbocycles. The highest BCUT2D eigenvalue weighted by Gasteiger charge is 2.53. The molecule has 9 heteroatoms. The normalized spacial score (nSPS) is 21.0. The van der Waals surface area contributed by atoms with E-state index in [4.69, 9.17) is 9.31 Å². The van der Waals surface area contributed by atoms with Gasteiger partial charge >= 0.3 is 13.3 Å². The number of nitrogens with one attached hydrogen (secondary N) is 1. The third-order valence-corrected chi connectivity index (χ3v) is 4.44. The molecule has 0 amide bonds. The lowest BCUT2D eigenvalue weighted by Gasteiger charge is -2.32. The molecule has 0 saturated carbocycles. The Morgan fingerprint density at radius 2 is 1.67 bits per heavy atom. The third-order valence-electron chi connectivity index (χ3n) is 4.44. The van der Waals surface area contributed by atoms with Crippen molar-refractivity contribution in [3.8, 4) is 0 Å². The van der Waals surface area contributed by atoms with Crippen LogP contribution in [0, 0.1) is 0 Å². The van der Waals surface area contributed by atoms with Crippen LogP contribution in [0.4, 0.5) is 17.6 Å². The minimum absolute atomic E-state index is 0.203. The van der Waals surface area contributed by atoms with Crippen molar-refractivity contribution in [1.29, 1.82) is 0 Å². The second kappa shape index (κ2) is 5.88. The van der Waals surface area contributed by atoms with Crippen LogP contribution in [0.15, 0.2) is 5.73 Å². The van der Waals surface area contributed by atoms with E-state index in [1.165, 1.54) is 0 Å². The Hall–Kier alpha value is -1.35. The fraction of sp³-hybridized carbons (Fsp3) is 0.667. The summed E-state index contributed by atoms with van der Waals surface area (Å²) in [6.45, 7) is 10.3. The Morgan fingerprint density at radius 3 is 2.08 bits per heavy atom. The third kappa shape index (κ3) is 3.37. The Kier molecular flexibility index (Phi) is 4.65. The summed E-state index contributed by atoms with van der Waals surface area (Å²) in [5.41, 5.74) is -3.78. The van der Waals surface area contributed by atoms with Gasteiger partial charge in [-0.05, 0) is 39.7 Å². The lowest BCUT2D eigenvalue weighted by Crippen LogP contribution is -2.41. The van der Waals surface area contributed by atoms with Crippen LogP contribution in [-0.4, -0.2) is 28.5 Å². The highest BCUT2D eigenvalue weighted by atomic mass is 19.4. The van der Waals surface area contributed by atoms with Gasteiger partial charge in [-0.1, -0.05) is 13.8 Å². The molecule has 0 bridgehead atoms. The van der Waals surface area contributed by atoms with Crippen LogP contribution in [0.25, 0.3) is 6.08 Å². The van der Waals surface area contributed by atoms with E-state index in [2.05, 4.69) is 10.2 Å². The van der Waals surface area contributed by atoms with Crippen molar-refractivity contribution < 1.29 is 26.9 Å². The summed E-state index contributed by atoms with van der Waals surface area (Å²) in [7, 11) is -1.36. The Bertz CT molecular complexity index is 634. The standard InChI is InChI=1S/C15H21BF4N2O2/c1-8(2)11-9(12(22-21-11)15(18,19)20)7-10(17)16-23-13(3,4)14(5,6)24-16/h7-8H,1-6H3,(H,21,22). The predicted octanol–water partition coefficient (Wildman–Crippen LogP) is 4.49. The van der Waals surface area contributed by atoms with Crippen LogP contribution in [-0.2, 0) is 15.5 Å². The molecule has 134 valence electrons. The number of halogens is 4. The predicted molar refractivity (Wildman–Crippen MR) is 82.8 cm³/mol. The molecule has 1 N–H and O–H groups in total. The molecule has 1 fully saturated rings. The zero-order valence-electron chi connectivity index (χ0n) is 14.5. The molecule has 1 saturated heterocycles. The number of hydrogen-bond acceptors (Lipinski definition) is 3. The molecule has 4 nitrogen and oxygen atoms in total. The van der Waals surface area contributed by atoms with Crippen molar-refractivity contribution >= 4 is 13.2 Å². The molecule has 0 unspecified atom stereocenters. The first-order chi connectivity index (χ1) is 10.8. The number of aromatic nitrogens is 2. The lowest BCUT2D eigenvalue weighted by atomic mass is 9.86. The summed E-state index contributed by atoms with van der Waals surface area (Å²) in [4.78, 5) is 0. The van der Waals surface area contributed by atoms with Gasteiger partial charge in [-0.3, -0.25) is 5.10 Å². The van der Waals surface area contributed by atoms with E-state index in [9.17, 15) is 17.6 Å². The quantitative estimate of drug-likeness (QED) is 0.647. The van der Waals surface area contributed by atoms with Gasteiger partial charge < -0.3 is 9.31 Å². The number of aromatic amines is 1. The summed E-state index contributed by atoms with van der Waals surface area (Å²) in [5, 5.41) is 5.65. The van der Waals surface area contributed by atoms with Crippen LogP contribution < -0.4 is 0 Å². The molecule has 0 aliphatic carbocycles. The number of hydrogen-bond donors (Lipinski definition) is 1. The SMILES string of the molecule is CC(C)c1[nH]nc(C(F)(F)F)c1C=C(F)B1OC(C)(C)C(C)(C)O1. The minimum Gasteiger partial charge on any atom is -0.398 e. The van der Waals surface area contributed by atoms with Crippen LogP contribution in [0.1, 0.15) is 64.4 Å². The van der Waals surface area contributed by atoms with Gasteiger partial charge in [0.2, 0.25) is 0 Å². The van der Waals surface area contributed by atoms with Crippen molar-refractivity contribution in [3.05, 3.63) is 22.7 Å². The summed E-state index contributed by atoms with van der Waals surface area (Å²) >= 11 is 0. The number of nitrogens with zero attached hydrogens (tertiary/aromatic N) is 1.